The van der Waals surface area contributed by atoms with Crippen LogP contribution in [-0.4, -0.2) is 22.2 Å². The molecule has 39 heavy (non-hydrogen) atoms. The van der Waals surface area contributed by atoms with Gasteiger partial charge < -0.3 is 10.1 Å². The Morgan fingerprint density at radius 3 is 2.33 bits per heavy atom. The number of H-pyrrole nitrogens is 1. The second kappa shape index (κ2) is 10.3. The van der Waals surface area contributed by atoms with Crippen molar-refractivity contribution in [3.05, 3.63) is 82.9 Å². The first-order chi connectivity index (χ1) is 19.1. The predicted molar refractivity (Wildman–Crippen MR) is 155 cm³/mol. The Kier molecular flexibility index (Phi) is 6.56. The highest BCUT2D eigenvalue weighted by Gasteiger charge is 2.35. The van der Waals surface area contributed by atoms with Crippen molar-refractivity contribution >= 4 is 28.4 Å². The van der Waals surface area contributed by atoms with Crippen LogP contribution in [0.4, 0.5) is 0 Å². The zero-order valence-electron chi connectivity index (χ0n) is 22.0. The van der Waals surface area contributed by atoms with Crippen LogP contribution in [0.15, 0.2) is 66.7 Å². The number of hydrogen-bond donors (Lipinski definition) is 2. The van der Waals surface area contributed by atoms with Crippen LogP contribution >= 0.6 is 11.6 Å². The molecule has 1 aromatic heterocycles. The van der Waals surface area contributed by atoms with Gasteiger partial charge in [-0.25, -0.2) is 0 Å². The minimum absolute atomic E-state index is 0.0816. The van der Waals surface area contributed by atoms with Crippen LogP contribution in [-0.2, 0) is 0 Å². The first-order valence-corrected chi connectivity index (χ1v) is 14.8. The molecule has 1 amide bonds. The maximum Gasteiger partial charge on any atom is 0.251 e. The fraction of sp³-hybridized carbons (Fsp3) is 0.394. The van der Waals surface area contributed by atoms with Crippen LogP contribution in [0.5, 0.6) is 5.75 Å². The van der Waals surface area contributed by atoms with Crippen molar-refractivity contribution in [3.8, 4) is 17.0 Å². The SMILES string of the molecule is O=C(NC(c1ccccc1Cl)C1CC1)c1ccc2[nH]nc(-c3ccc(OC4CC5CCC(CC5)C4)cc3)c2c1. The summed E-state index contributed by atoms with van der Waals surface area (Å²) in [5, 5.41) is 12.6. The lowest BCUT2D eigenvalue weighted by Crippen LogP contribution is -2.30. The summed E-state index contributed by atoms with van der Waals surface area (Å²) in [7, 11) is 0. The summed E-state index contributed by atoms with van der Waals surface area (Å²) in [5.74, 6) is 2.92. The molecule has 0 spiro atoms. The van der Waals surface area contributed by atoms with Crippen molar-refractivity contribution in [2.45, 2.75) is 63.5 Å². The van der Waals surface area contributed by atoms with Crippen molar-refractivity contribution in [1.82, 2.24) is 15.5 Å². The molecule has 2 bridgehead atoms. The van der Waals surface area contributed by atoms with Gasteiger partial charge in [0.1, 0.15) is 5.75 Å². The topological polar surface area (TPSA) is 67.0 Å². The van der Waals surface area contributed by atoms with E-state index in [0.29, 0.717) is 22.6 Å². The van der Waals surface area contributed by atoms with Gasteiger partial charge in [-0.1, -0.05) is 55.5 Å². The van der Waals surface area contributed by atoms with Gasteiger partial charge in [0, 0.05) is 21.5 Å². The van der Waals surface area contributed by atoms with Crippen molar-refractivity contribution in [2.75, 3.05) is 0 Å². The lowest BCUT2D eigenvalue weighted by atomic mass is 9.84. The van der Waals surface area contributed by atoms with Gasteiger partial charge in [0.05, 0.1) is 23.4 Å². The molecule has 2 N–H and O–H groups in total. The number of carbonyl (C=O) groups excluding carboxylic acids is 1. The highest BCUT2D eigenvalue weighted by Crippen LogP contribution is 2.43. The predicted octanol–water partition coefficient (Wildman–Crippen LogP) is 8.11. The molecule has 4 saturated carbocycles. The third-order valence-corrected chi connectivity index (χ3v) is 9.38. The first kappa shape index (κ1) is 24.7. The van der Waals surface area contributed by atoms with Gasteiger partial charge in [0.25, 0.3) is 5.91 Å². The van der Waals surface area contributed by atoms with Crippen molar-refractivity contribution in [2.24, 2.45) is 17.8 Å². The summed E-state index contributed by atoms with van der Waals surface area (Å²) in [4.78, 5) is 13.4. The number of nitrogens with zero attached hydrogens (tertiary/aromatic N) is 1. The number of carbonyl (C=O) groups is 1. The Bertz CT molecular complexity index is 1470. The molecule has 4 aliphatic rings. The lowest BCUT2D eigenvalue weighted by Gasteiger charge is -2.21. The standard InChI is InChI=1S/C33H34ClN3O2/c34-29-4-2-1-3-27(29)31(22-9-10-22)35-33(38)24-13-16-30-28(19-24)32(37-36-30)23-11-14-25(15-12-23)39-26-17-20-5-6-21(18-26)8-7-20/h1-4,11-16,19-22,26,31H,5-10,17-18H2,(H,35,38)(H,36,37). The van der Waals surface area contributed by atoms with Crippen LogP contribution in [0.1, 0.15) is 73.3 Å². The van der Waals surface area contributed by atoms with E-state index in [1.807, 2.05) is 42.5 Å². The smallest absolute Gasteiger partial charge is 0.251 e. The van der Waals surface area contributed by atoms with Crippen LogP contribution in [0.25, 0.3) is 22.2 Å². The van der Waals surface area contributed by atoms with Crippen molar-refractivity contribution in [1.29, 1.82) is 0 Å². The summed E-state index contributed by atoms with van der Waals surface area (Å²) < 4.78 is 6.44. The molecule has 6 heteroatoms. The summed E-state index contributed by atoms with van der Waals surface area (Å²) >= 11 is 6.49. The second-order valence-electron chi connectivity index (χ2n) is 11.8. The van der Waals surface area contributed by atoms with Gasteiger partial charge in [-0.05, 0) is 97.5 Å². The highest BCUT2D eigenvalue weighted by atomic mass is 35.5. The maximum atomic E-state index is 13.4. The number of amides is 1. The number of halogens is 1. The van der Waals surface area contributed by atoms with E-state index in [1.54, 1.807) is 0 Å². The third kappa shape index (κ3) is 5.17. The molecule has 4 aromatic rings. The van der Waals surface area contributed by atoms with Gasteiger partial charge in [-0.15, -0.1) is 0 Å². The third-order valence-electron chi connectivity index (χ3n) is 9.03. The molecule has 5 nitrogen and oxygen atoms in total. The maximum absolute atomic E-state index is 13.4. The van der Waals surface area contributed by atoms with Crippen LogP contribution in [0.2, 0.25) is 5.02 Å². The van der Waals surface area contributed by atoms with Crippen molar-refractivity contribution < 1.29 is 9.53 Å². The summed E-state index contributed by atoms with van der Waals surface area (Å²) in [6, 6.07) is 21.7. The molecule has 1 atom stereocenters. The van der Waals surface area contributed by atoms with E-state index in [2.05, 4.69) is 39.8 Å². The number of fused-ring (bicyclic) bond motifs is 5. The fourth-order valence-electron chi connectivity index (χ4n) is 6.73. The van der Waals surface area contributed by atoms with Crippen LogP contribution in [0, 0.1) is 17.8 Å². The first-order valence-electron chi connectivity index (χ1n) is 14.4. The summed E-state index contributed by atoms with van der Waals surface area (Å²) in [5.41, 5.74) is 4.34. The van der Waals surface area contributed by atoms with Crippen LogP contribution < -0.4 is 10.1 Å². The molecule has 3 aromatic carbocycles. The quantitative estimate of drug-likeness (QED) is 0.249. The molecular formula is C33H34ClN3O2. The van der Waals surface area contributed by atoms with Crippen molar-refractivity contribution in [3.63, 3.8) is 0 Å². The number of benzene rings is 3. The van der Waals surface area contributed by atoms with E-state index in [9.17, 15) is 4.79 Å². The molecule has 8 rings (SSSR count). The molecule has 1 unspecified atom stereocenters. The van der Waals surface area contributed by atoms with Crippen LogP contribution in [0.3, 0.4) is 0 Å². The minimum atomic E-state index is -0.0954. The van der Waals surface area contributed by atoms with E-state index >= 15 is 0 Å². The van der Waals surface area contributed by atoms with Gasteiger partial charge in [0.15, 0.2) is 0 Å². The van der Waals surface area contributed by atoms with E-state index in [-0.39, 0.29) is 11.9 Å². The Morgan fingerprint density at radius 1 is 0.923 bits per heavy atom. The van der Waals surface area contributed by atoms with E-state index in [1.165, 1.54) is 38.5 Å². The molecule has 4 fully saturated rings. The Labute approximate surface area is 234 Å². The number of hydrogen-bond acceptors (Lipinski definition) is 3. The number of nitrogens with one attached hydrogen (secondary N) is 2. The number of aromatic amines is 1. The average molecular weight is 540 g/mol. The highest BCUT2D eigenvalue weighted by molar-refractivity contribution is 6.31. The Hall–Kier alpha value is -3.31. The fourth-order valence-corrected chi connectivity index (χ4v) is 6.98. The zero-order valence-corrected chi connectivity index (χ0v) is 22.8. The van der Waals surface area contributed by atoms with Gasteiger partial charge in [0.2, 0.25) is 0 Å². The molecular weight excluding hydrogens is 506 g/mol. The Balaban J connectivity index is 1.09. The number of rotatable bonds is 7. The molecule has 4 aliphatic carbocycles. The van der Waals surface area contributed by atoms with E-state index in [0.717, 1.165) is 58.2 Å². The molecule has 0 aliphatic heterocycles. The monoisotopic (exact) mass is 539 g/mol. The van der Waals surface area contributed by atoms with Gasteiger partial charge in [-0.2, -0.15) is 5.10 Å². The molecule has 0 saturated heterocycles. The molecule has 1 heterocycles. The van der Waals surface area contributed by atoms with Gasteiger partial charge >= 0.3 is 0 Å². The van der Waals surface area contributed by atoms with E-state index in [4.69, 9.17) is 16.3 Å². The second-order valence-corrected chi connectivity index (χ2v) is 12.2. The number of ether oxygens (including phenoxy) is 1. The zero-order chi connectivity index (χ0) is 26.3. The Morgan fingerprint density at radius 2 is 1.64 bits per heavy atom. The average Bonchev–Trinajstić information content (AvgIpc) is 3.77. The summed E-state index contributed by atoms with van der Waals surface area (Å²) in [6.45, 7) is 0. The van der Waals surface area contributed by atoms with Gasteiger partial charge in [-0.3, -0.25) is 9.89 Å². The van der Waals surface area contributed by atoms with E-state index < -0.39 is 0 Å². The number of aromatic nitrogens is 2. The normalized spacial score (nSPS) is 23.4. The summed E-state index contributed by atoms with van der Waals surface area (Å²) in [6.07, 6.45) is 10.4. The lowest BCUT2D eigenvalue weighted by molar-refractivity contribution is 0.0932. The molecule has 200 valence electrons. The minimum Gasteiger partial charge on any atom is -0.490 e. The molecule has 0 radical (unpaired) electrons. The largest absolute Gasteiger partial charge is 0.490 e.